The zero-order valence-electron chi connectivity index (χ0n) is 15.9. The van der Waals surface area contributed by atoms with Crippen LogP contribution >= 0.6 is 47.8 Å². The van der Waals surface area contributed by atoms with Gasteiger partial charge in [0.2, 0.25) is 5.91 Å². The average Bonchev–Trinajstić information content (AvgIpc) is 3.31. The molecule has 27 heavy (non-hydrogen) atoms. The number of ether oxygens (including phenoxy) is 2. The van der Waals surface area contributed by atoms with Gasteiger partial charge in [0.15, 0.2) is 14.4 Å². The number of hydrogen-bond acceptors (Lipinski definition) is 5. The highest BCUT2D eigenvalue weighted by Gasteiger charge is 2.52. The monoisotopic (exact) mass is 576 g/mol. The van der Waals surface area contributed by atoms with E-state index in [2.05, 4.69) is 72.3 Å². The summed E-state index contributed by atoms with van der Waals surface area (Å²) in [6, 6.07) is -0.661. The normalized spacial score (nSPS) is 20.3. The minimum atomic E-state index is -0.941. The van der Waals surface area contributed by atoms with E-state index in [-0.39, 0.29) is 18.4 Å². The lowest BCUT2D eigenvalue weighted by molar-refractivity contribution is -0.144. The number of carbonyl (C=O) groups excluding carboxylic acids is 3. The van der Waals surface area contributed by atoms with Crippen molar-refractivity contribution in [2.24, 2.45) is 11.8 Å². The summed E-state index contributed by atoms with van der Waals surface area (Å²) in [5, 5.41) is 5.55. The molecule has 2 amide bonds. The molecule has 7 nitrogen and oxygen atoms in total. The number of epoxide rings is 1. The molecule has 0 aliphatic carbocycles. The fourth-order valence-electron chi connectivity index (χ4n) is 2.29. The molecule has 2 N–H and O–H groups in total. The number of halogens is 3. The van der Waals surface area contributed by atoms with Gasteiger partial charge in [-0.3, -0.25) is 9.59 Å². The molecule has 1 aliphatic heterocycles. The predicted octanol–water partition coefficient (Wildman–Crippen LogP) is 2.83. The molecule has 0 unspecified atom stereocenters. The van der Waals surface area contributed by atoms with E-state index < -0.39 is 32.3 Å². The topological polar surface area (TPSA) is 97.0 Å². The molecule has 0 radical (unpaired) electrons. The number of alkyl halides is 3. The van der Waals surface area contributed by atoms with Crippen LogP contribution in [-0.4, -0.2) is 51.3 Å². The first-order valence-electron chi connectivity index (χ1n) is 8.87. The van der Waals surface area contributed by atoms with Crippen molar-refractivity contribution >= 4 is 65.6 Å². The quantitative estimate of drug-likeness (QED) is 0.236. The first kappa shape index (κ1) is 24.8. The first-order valence-corrected chi connectivity index (χ1v) is 11.3. The molecule has 1 saturated heterocycles. The van der Waals surface area contributed by atoms with Crippen LogP contribution in [0, 0.1) is 11.8 Å². The maximum absolute atomic E-state index is 12.4. The number of nitrogens with one attached hydrogen (secondary N) is 2. The van der Waals surface area contributed by atoms with Crippen LogP contribution in [0.15, 0.2) is 0 Å². The van der Waals surface area contributed by atoms with Gasteiger partial charge in [0, 0.05) is 6.54 Å². The molecule has 10 heteroatoms. The lowest BCUT2D eigenvalue weighted by Gasteiger charge is -2.20. The van der Waals surface area contributed by atoms with Crippen LogP contribution in [0.4, 0.5) is 0 Å². The molecule has 156 valence electrons. The zero-order valence-corrected chi connectivity index (χ0v) is 20.6. The summed E-state index contributed by atoms with van der Waals surface area (Å²) < 4.78 is 9.46. The van der Waals surface area contributed by atoms with Crippen LogP contribution in [0.25, 0.3) is 0 Å². The van der Waals surface area contributed by atoms with Crippen LogP contribution in [0.3, 0.4) is 0 Å². The van der Waals surface area contributed by atoms with Crippen LogP contribution in [-0.2, 0) is 23.9 Å². The summed E-state index contributed by atoms with van der Waals surface area (Å²) in [6.07, 6.45) is -0.501. The van der Waals surface area contributed by atoms with Gasteiger partial charge < -0.3 is 20.1 Å². The van der Waals surface area contributed by atoms with Gasteiger partial charge in [-0.25, -0.2) is 4.79 Å². The second-order valence-corrected chi connectivity index (χ2v) is 14.6. The number of carbonyl (C=O) groups is 3. The van der Waals surface area contributed by atoms with E-state index in [1.165, 1.54) is 0 Å². The summed E-state index contributed by atoms with van der Waals surface area (Å²) in [4.78, 5) is 36.6. The Bertz CT molecular complexity index is 537. The van der Waals surface area contributed by atoms with E-state index >= 15 is 0 Å². The van der Waals surface area contributed by atoms with Crippen molar-refractivity contribution in [2.45, 2.75) is 60.9 Å². The Morgan fingerprint density at radius 2 is 1.70 bits per heavy atom. The summed E-state index contributed by atoms with van der Waals surface area (Å²) in [7, 11) is 0. The van der Waals surface area contributed by atoms with E-state index in [1.54, 1.807) is 0 Å². The Morgan fingerprint density at radius 1 is 1.07 bits per heavy atom. The van der Waals surface area contributed by atoms with Gasteiger partial charge in [0.1, 0.15) is 12.6 Å². The molecule has 0 aromatic rings. The van der Waals surface area contributed by atoms with E-state index in [0.29, 0.717) is 18.9 Å². The highest BCUT2D eigenvalue weighted by atomic mass is 80.0. The van der Waals surface area contributed by atoms with Crippen LogP contribution in [0.5, 0.6) is 0 Å². The SMILES string of the molecule is CC(C)CCNC(=O)[C@H](CC(C)C)NC(=O)[C@H]1O[C@@H]1C(=O)OCC(Br)(Br)Br. The zero-order chi connectivity index (χ0) is 20.8. The number of amides is 2. The van der Waals surface area contributed by atoms with E-state index in [4.69, 9.17) is 9.47 Å². The second kappa shape index (κ2) is 11.1. The molecule has 1 fully saturated rings. The first-order chi connectivity index (χ1) is 12.4. The third-order valence-corrected chi connectivity index (χ3v) is 4.41. The Morgan fingerprint density at radius 3 is 2.22 bits per heavy atom. The summed E-state index contributed by atoms with van der Waals surface area (Å²) >= 11 is 9.64. The van der Waals surface area contributed by atoms with Gasteiger partial charge in [-0.2, -0.15) is 0 Å². The Kier molecular flexibility index (Phi) is 10.2. The molecule has 0 spiro atoms. The second-order valence-electron chi connectivity index (χ2n) is 7.36. The van der Waals surface area contributed by atoms with Crippen molar-refractivity contribution in [3.63, 3.8) is 0 Å². The fraction of sp³-hybridized carbons (Fsp3) is 0.824. The third kappa shape index (κ3) is 10.2. The van der Waals surface area contributed by atoms with Gasteiger partial charge in [-0.1, -0.05) is 75.5 Å². The standard InChI is InChI=1S/C17H27Br3N2O5/c1-9(2)5-6-21-14(23)11(7-10(3)4)22-15(24)12-13(27-12)16(25)26-8-17(18,19)20/h9-13H,5-8H2,1-4H3,(H,21,23)(H,22,24)/t11-,12-,13-/m0/s1. The smallest absolute Gasteiger partial charge is 0.338 e. The maximum Gasteiger partial charge on any atom is 0.338 e. The third-order valence-electron chi connectivity index (χ3n) is 3.72. The summed E-state index contributed by atoms with van der Waals surface area (Å²) in [6.45, 7) is 8.67. The molecule has 0 aromatic carbocycles. The molecule has 1 rings (SSSR count). The molecule has 1 heterocycles. The Labute approximate surface area is 185 Å². The molecule has 1 aliphatic rings. The molecule has 0 saturated carbocycles. The van der Waals surface area contributed by atoms with Crippen molar-refractivity contribution in [3.8, 4) is 0 Å². The number of rotatable bonds is 10. The Balaban J connectivity index is 2.52. The van der Waals surface area contributed by atoms with Gasteiger partial charge in [0.25, 0.3) is 5.91 Å². The van der Waals surface area contributed by atoms with Crippen LogP contribution in [0.2, 0.25) is 0 Å². The van der Waals surface area contributed by atoms with E-state index in [0.717, 1.165) is 6.42 Å². The van der Waals surface area contributed by atoms with Crippen molar-refractivity contribution in [1.29, 1.82) is 0 Å². The number of esters is 1. The fourth-order valence-corrected chi connectivity index (χ4v) is 2.63. The molecule has 0 aromatic heterocycles. The van der Waals surface area contributed by atoms with Crippen LogP contribution in [0.1, 0.15) is 40.5 Å². The van der Waals surface area contributed by atoms with Crippen molar-refractivity contribution in [1.82, 2.24) is 10.6 Å². The van der Waals surface area contributed by atoms with Gasteiger partial charge in [0.05, 0.1) is 0 Å². The van der Waals surface area contributed by atoms with Crippen LogP contribution < -0.4 is 10.6 Å². The summed E-state index contributed by atoms with van der Waals surface area (Å²) in [5.74, 6) is -0.631. The molecular weight excluding hydrogens is 552 g/mol. The maximum atomic E-state index is 12.4. The van der Waals surface area contributed by atoms with Gasteiger partial charge in [-0.15, -0.1) is 0 Å². The van der Waals surface area contributed by atoms with E-state index in [9.17, 15) is 14.4 Å². The average molecular weight is 579 g/mol. The highest BCUT2D eigenvalue weighted by molar-refractivity contribution is 9.39. The molecule has 0 bridgehead atoms. The predicted molar refractivity (Wildman–Crippen MR) is 113 cm³/mol. The molecular formula is C17H27Br3N2O5. The lowest BCUT2D eigenvalue weighted by atomic mass is 10.0. The van der Waals surface area contributed by atoms with Gasteiger partial charge in [-0.05, 0) is 24.7 Å². The number of hydrogen-bond donors (Lipinski definition) is 2. The van der Waals surface area contributed by atoms with E-state index in [1.807, 2.05) is 13.8 Å². The largest absolute Gasteiger partial charge is 0.460 e. The van der Waals surface area contributed by atoms with Crippen molar-refractivity contribution < 1.29 is 23.9 Å². The summed E-state index contributed by atoms with van der Waals surface area (Å²) in [5.41, 5.74) is 0. The highest BCUT2D eigenvalue weighted by Crippen LogP contribution is 2.34. The van der Waals surface area contributed by atoms with Gasteiger partial charge >= 0.3 is 5.97 Å². The minimum Gasteiger partial charge on any atom is -0.460 e. The minimum absolute atomic E-state index is 0.00820. The lowest BCUT2D eigenvalue weighted by Crippen LogP contribution is -2.49. The molecule has 3 atom stereocenters. The van der Waals surface area contributed by atoms with Crippen molar-refractivity contribution in [3.05, 3.63) is 0 Å². The Hall–Kier alpha value is -0.190. The van der Waals surface area contributed by atoms with Crippen molar-refractivity contribution in [2.75, 3.05) is 13.2 Å².